The standard InChI is InChI=1S/C31H22ClF10NO3/c32-25-12-11-22(16-24(25)29(35,36)37)45-21-8-4-7-20(15-21)43(17-27(44)30(38,39)40)26-10-2-1-6-19(26)13-18-5-3-9-23(14-18)46-31(41,42)28(33)34/h1-12,14-16,27-28,44H,13,17H2/t27-/m1/s1. The second-order valence-electron chi connectivity index (χ2n) is 9.82. The van der Waals surface area contributed by atoms with Crippen LogP contribution in [0.15, 0.2) is 91.0 Å². The SMILES string of the molecule is O[C@H](CN(c1cccc(Oc2ccc(Cl)c(C(F)(F)F)c2)c1)c1ccccc1Cc1cccc(OC(F)(F)C(F)F)c1)C(F)(F)F. The van der Waals surface area contributed by atoms with Crippen LogP contribution >= 0.6 is 11.6 Å². The van der Waals surface area contributed by atoms with Crippen LogP contribution in [0, 0.1) is 0 Å². The minimum absolute atomic E-state index is 0.0342. The molecule has 4 aromatic rings. The zero-order valence-electron chi connectivity index (χ0n) is 23.1. The molecular weight excluding hydrogens is 660 g/mol. The highest BCUT2D eigenvalue weighted by Gasteiger charge is 2.44. The molecule has 0 spiro atoms. The molecule has 246 valence electrons. The number of nitrogens with zero attached hydrogens (tertiary/aromatic N) is 1. The number of benzene rings is 4. The minimum atomic E-state index is -5.04. The lowest BCUT2D eigenvalue weighted by molar-refractivity contribution is -0.253. The van der Waals surface area contributed by atoms with Crippen molar-refractivity contribution < 1.29 is 58.5 Å². The highest BCUT2D eigenvalue weighted by Crippen LogP contribution is 2.39. The maximum Gasteiger partial charge on any atom is 0.461 e. The van der Waals surface area contributed by atoms with E-state index in [9.17, 15) is 49.0 Å². The summed E-state index contributed by atoms with van der Waals surface area (Å²) in [4.78, 5) is 1.09. The van der Waals surface area contributed by atoms with Crippen LogP contribution in [-0.2, 0) is 12.6 Å². The van der Waals surface area contributed by atoms with E-state index in [1.165, 1.54) is 60.7 Å². The topological polar surface area (TPSA) is 41.9 Å². The number of hydrogen-bond donors (Lipinski definition) is 1. The molecule has 0 bridgehead atoms. The Morgan fingerprint density at radius 1 is 0.739 bits per heavy atom. The van der Waals surface area contributed by atoms with Gasteiger partial charge in [-0.25, -0.2) is 0 Å². The lowest BCUT2D eigenvalue weighted by Gasteiger charge is -2.30. The zero-order chi connectivity index (χ0) is 33.9. The summed E-state index contributed by atoms with van der Waals surface area (Å²) in [5.41, 5.74) is -0.413. The highest BCUT2D eigenvalue weighted by atomic mass is 35.5. The molecule has 0 aliphatic rings. The Morgan fingerprint density at radius 2 is 1.39 bits per heavy atom. The van der Waals surface area contributed by atoms with E-state index in [-0.39, 0.29) is 34.9 Å². The van der Waals surface area contributed by atoms with E-state index in [0.29, 0.717) is 11.6 Å². The summed E-state index contributed by atoms with van der Waals surface area (Å²) >= 11 is 5.66. The second kappa shape index (κ2) is 13.7. The van der Waals surface area contributed by atoms with Crippen LogP contribution in [0.1, 0.15) is 16.7 Å². The molecule has 0 aliphatic carbocycles. The first-order valence-corrected chi connectivity index (χ1v) is 13.5. The van der Waals surface area contributed by atoms with E-state index in [1.807, 2.05) is 0 Å². The molecule has 46 heavy (non-hydrogen) atoms. The Hall–Kier alpha value is -4.17. The van der Waals surface area contributed by atoms with Gasteiger partial charge in [0.05, 0.1) is 17.1 Å². The first kappa shape index (κ1) is 34.7. The quantitative estimate of drug-likeness (QED) is 0.160. The van der Waals surface area contributed by atoms with E-state index >= 15 is 0 Å². The fraction of sp³-hybridized carbons (Fsp3) is 0.226. The predicted octanol–water partition coefficient (Wildman–Crippen LogP) is 10.0. The predicted molar refractivity (Wildman–Crippen MR) is 149 cm³/mol. The van der Waals surface area contributed by atoms with Crippen LogP contribution in [0.5, 0.6) is 17.2 Å². The van der Waals surface area contributed by atoms with Gasteiger partial charge in [0.15, 0.2) is 6.10 Å². The maximum atomic E-state index is 13.5. The van der Waals surface area contributed by atoms with Gasteiger partial charge in [0.1, 0.15) is 17.2 Å². The number of ether oxygens (including phenoxy) is 2. The van der Waals surface area contributed by atoms with E-state index in [1.54, 1.807) is 6.07 Å². The fourth-order valence-corrected chi connectivity index (χ4v) is 4.54. The van der Waals surface area contributed by atoms with Gasteiger partial charge in [-0.2, -0.15) is 43.9 Å². The van der Waals surface area contributed by atoms with Crippen LogP contribution in [-0.4, -0.2) is 36.5 Å². The number of alkyl halides is 10. The van der Waals surface area contributed by atoms with Gasteiger partial charge in [-0.1, -0.05) is 48.0 Å². The molecule has 1 N–H and O–H groups in total. The van der Waals surface area contributed by atoms with Gasteiger partial charge in [0.25, 0.3) is 0 Å². The van der Waals surface area contributed by atoms with Crippen LogP contribution in [0.3, 0.4) is 0 Å². The van der Waals surface area contributed by atoms with Crippen molar-refractivity contribution in [3.63, 3.8) is 0 Å². The van der Waals surface area contributed by atoms with Gasteiger partial charge in [-0.05, 0) is 66.1 Å². The Morgan fingerprint density at radius 3 is 2.07 bits per heavy atom. The van der Waals surface area contributed by atoms with Crippen molar-refractivity contribution in [2.75, 3.05) is 11.4 Å². The monoisotopic (exact) mass is 681 g/mol. The highest BCUT2D eigenvalue weighted by molar-refractivity contribution is 6.31. The molecule has 0 unspecified atom stereocenters. The summed E-state index contributed by atoms with van der Waals surface area (Å²) in [7, 11) is 0. The molecule has 4 rings (SSSR count). The molecule has 0 amide bonds. The summed E-state index contributed by atoms with van der Waals surface area (Å²) in [5.74, 6) is -0.914. The van der Waals surface area contributed by atoms with Crippen molar-refractivity contribution >= 4 is 23.0 Å². The normalized spacial score (nSPS) is 13.1. The minimum Gasteiger partial charge on any atom is -0.457 e. The lowest BCUT2D eigenvalue weighted by atomic mass is 10.0. The summed E-state index contributed by atoms with van der Waals surface area (Å²) in [6.45, 7) is -1.03. The molecule has 0 heterocycles. The zero-order valence-corrected chi connectivity index (χ0v) is 23.9. The Balaban J connectivity index is 1.71. The molecule has 0 saturated heterocycles. The van der Waals surface area contributed by atoms with Crippen molar-refractivity contribution in [3.05, 3.63) is 113 Å². The number of hydrogen-bond acceptors (Lipinski definition) is 4. The molecule has 4 nitrogen and oxygen atoms in total. The van der Waals surface area contributed by atoms with Gasteiger partial charge in [0.2, 0.25) is 0 Å². The third-order valence-electron chi connectivity index (χ3n) is 6.42. The number of rotatable bonds is 11. The van der Waals surface area contributed by atoms with Crippen molar-refractivity contribution in [3.8, 4) is 17.2 Å². The summed E-state index contributed by atoms with van der Waals surface area (Å²) in [6.07, 6.45) is -21.7. The van der Waals surface area contributed by atoms with Gasteiger partial charge in [0, 0.05) is 17.4 Å². The third-order valence-corrected chi connectivity index (χ3v) is 6.75. The lowest BCUT2D eigenvalue weighted by Crippen LogP contribution is -2.39. The first-order chi connectivity index (χ1) is 21.4. The van der Waals surface area contributed by atoms with E-state index in [0.717, 1.165) is 23.1 Å². The van der Waals surface area contributed by atoms with Gasteiger partial charge in [-0.3, -0.25) is 0 Å². The Labute approximate surface area is 260 Å². The van der Waals surface area contributed by atoms with Gasteiger partial charge < -0.3 is 19.5 Å². The summed E-state index contributed by atoms with van der Waals surface area (Å²) in [5, 5.41) is 9.45. The molecule has 1 atom stereocenters. The summed E-state index contributed by atoms with van der Waals surface area (Å²) < 4.78 is 142. The van der Waals surface area contributed by atoms with Crippen LogP contribution in [0.25, 0.3) is 0 Å². The average molecular weight is 682 g/mol. The number of aliphatic hydroxyl groups is 1. The smallest absolute Gasteiger partial charge is 0.457 e. The Kier molecular flexibility index (Phi) is 10.3. The largest absolute Gasteiger partial charge is 0.461 e. The molecule has 0 fully saturated rings. The molecule has 0 aliphatic heterocycles. The van der Waals surface area contributed by atoms with Crippen LogP contribution < -0.4 is 14.4 Å². The van der Waals surface area contributed by atoms with E-state index in [4.69, 9.17) is 16.3 Å². The van der Waals surface area contributed by atoms with Gasteiger partial charge >= 0.3 is 24.9 Å². The molecule has 0 radical (unpaired) electrons. The van der Waals surface area contributed by atoms with Crippen molar-refractivity contribution in [1.29, 1.82) is 0 Å². The summed E-state index contributed by atoms with van der Waals surface area (Å²) in [6, 6.07) is 18.9. The maximum absolute atomic E-state index is 13.5. The van der Waals surface area contributed by atoms with Crippen molar-refractivity contribution in [2.45, 2.75) is 37.4 Å². The number of halogens is 11. The Bertz CT molecular complexity index is 1650. The molecule has 4 aromatic carbocycles. The average Bonchev–Trinajstić information content (AvgIpc) is 2.96. The van der Waals surface area contributed by atoms with E-state index < -0.39 is 53.9 Å². The van der Waals surface area contributed by atoms with Crippen LogP contribution in [0.2, 0.25) is 5.02 Å². The third kappa shape index (κ3) is 8.75. The first-order valence-electron chi connectivity index (χ1n) is 13.1. The number of para-hydroxylation sites is 1. The molecule has 15 heteroatoms. The van der Waals surface area contributed by atoms with Crippen molar-refractivity contribution in [2.24, 2.45) is 0 Å². The van der Waals surface area contributed by atoms with Gasteiger partial charge in [-0.15, -0.1) is 0 Å². The number of anilines is 2. The molecule has 0 aromatic heterocycles. The van der Waals surface area contributed by atoms with Crippen LogP contribution in [0.4, 0.5) is 55.3 Å². The molecular formula is C31H22ClF10NO3. The fourth-order valence-electron chi connectivity index (χ4n) is 4.32. The second-order valence-corrected chi connectivity index (χ2v) is 10.2. The van der Waals surface area contributed by atoms with Crippen molar-refractivity contribution in [1.82, 2.24) is 0 Å². The molecule has 0 saturated carbocycles. The number of aliphatic hydroxyl groups excluding tert-OH is 1. The van der Waals surface area contributed by atoms with E-state index in [2.05, 4.69) is 4.74 Å².